The van der Waals surface area contributed by atoms with Crippen molar-refractivity contribution < 1.29 is 13.2 Å². The van der Waals surface area contributed by atoms with Crippen LogP contribution in [-0.2, 0) is 14.8 Å². The zero-order chi connectivity index (χ0) is 20.1. The maximum absolute atomic E-state index is 12.7. The van der Waals surface area contributed by atoms with Crippen molar-refractivity contribution in [3.8, 4) is 0 Å². The number of sulfonamides is 1. The highest BCUT2D eigenvalue weighted by Crippen LogP contribution is 2.26. The minimum absolute atomic E-state index is 0.147. The predicted molar refractivity (Wildman–Crippen MR) is 114 cm³/mol. The van der Waals surface area contributed by atoms with E-state index >= 15 is 0 Å². The number of halogens is 1. The third-order valence-corrected chi connectivity index (χ3v) is 7.85. The number of nitrogens with zero attached hydrogens (tertiary/aromatic N) is 1. The number of piperidine rings is 1. The molecule has 5 nitrogen and oxygen atoms in total. The van der Waals surface area contributed by atoms with Gasteiger partial charge in [0.15, 0.2) is 0 Å². The van der Waals surface area contributed by atoms with Crippen LogP contribution in [0.1, 0.15) is 26.2 Å². The molecule has 2 aromatic carbocycles. The van der Waals surface area contributed by atoms with E-state index in [1.807, 2.05) is 19.1 Å². The van der Waals surface area contributed by atoms with Gasteiger partial charge in [-0.25, -0.2) is 8.42 Å². The fourth-order valence-electron chi connectivity index (χ4n) is 2.98. The highest BCUT2D eigenvalue weighted by Gasteiger charge is 2.25. The number of benzene rings is 2. The summed E-state index contributed by atoms with van der Waals surface area (Å²) in [6, 6.07) is 13.7. The number of anilines is 1. The molecule has 1 N–H and O–H groups in total. The topological polar surface area (TPSA) is 66.5 Å². The number of thioether (sulfide) groups is 1. The van der Waals surface area contributed by atoms with Gasteiger partial charge in [-0.05, 0) is 68.3 Å². The van der Waals surface area contributed by atoms with Gasteiger partial charge in [0.25, 0.3) is 0 Å². The van der Waals surface area contributed by atoms with Crippen LogP contribution in [0.15, 0.2) is 58.3 Å². The zero-order valence-corrected chi connectivity index (χ0v) is 18.0. The lowest BCUT2D eigenvalue weighted by Gasteiger charge is -2.25. The Kier molecular flexibility index (Phi) is 7.04. The van der Waals surface area contributed by atoms with Gasteiger partial charge in [-0.2, -0.15) is 4.31 Å². The summed E-state index contributed by atoms with van der Waals surface area (Å²) in [5.41, 5.74) is 0.575. The molecule has 3 rings (SSSR count). The van der Waals surface area contributed by atoms with Crippen LogP contribution in [0.5, 0.6) is 0 Å². The molecule has 0 bridgehead atoms. The Morgan fingerprint density at radius 2 is 1.64 bits per heavy atom. The Balaban J connectivity index is 1.61. The average molecular weight is 439 g/mol. The second kappa shape index (κ2) is 9.31. The average Bonchev–Trinajstić information content (AvgIpc) is 2.70. The first kappa shape index (κ1) is 21.2. The van der Waals surface area contributed by atoms with E-state index in [0.29, 0.717) is 23.8 Å². The van der Waals surface area contributed by atoms with Gasteiger partial charge in [-0.3, -0.25) is 4.79 Å². The third-order valence-electron chi connectivity index (χ3n) is 4.57. The Morgan fingerprint density at radius 1 is 1.04 bits per heavy atom. The molecule has 1 saturated heterocycles. The molecule has 0 unspecified atom stereocenters. The molecule has 0 spiro atoms. The van der Waals surface area contributed by atoms with Crippen molar-refractivity contribution in [3.63, 3.8) is 0 Å². The molecule has 1 heterocycles. The normalized spacial score (nSPS) is 16.5. The van der Waals surface area contributed by atoms with Crippen molar-refractivity contribution in [1.82, 2.24) is 4.31 Å². The fraction of sp³-hybridized carbons (Fsp3) is 0.350. The van der Waals surface area contributed by atoms with Gasteiger partial charge >= 0.3 is 0 Å². The third kappa shape index (κ3) is 5.29. The molecule has 1 fully saturated rings. The van der Waals surface area contributed by atoms with Crippen molar-refractivity contribution in [3.05, 3.63) is 53.6 Å². The number of hydrogen-bond donors (Lipinski definition) is 1. The summed E-state index contributed by atoms with van der Waals surface area (Å²) in [7, 11) is -3.46. The summed E-state index contributed by atoms with van der Waals surface area (Å²) < 4.78 is 26.9. The molecule has 0 aliphatic carbocycles. The van der Waals surface area contributed by atoms with Crippen molar-refractivity contribution in [1.29, 1.82) is 0 Å². The quantitative estimate of drug-likeness (QED) is 0.667. The Hall–Kier alpha value is -1.54. The van der Waals surface area contributed by atoms with Crippen LogP contribution < -0.4 is 5.32 Å². The molecule has 2 aromatic rings. The van der Waals surface area contributed by atoms with Crippen LogP contribution in [0.25, 0.3) is 0 Å². The minimum atomic E-state index is -3.46. The molecule has 1 aliphatic heterocycles. The molecule has 28 heavy (non-hydrogen) atoms. The monoisotopic (exact) mass is 438 g/mol. The van der Waals surface area contributed by atoms with Crippen LogP contribution in [-0.4, -0.2) is 37.0 Å². The molecule has 1 atom stereocenters. The number of hydrogen-bond acceptors (Lipinski definition) is 4. The van der Waals surface area contributed by atoms with Crippen LogP contribution in [0.2, 0.25) is 5.02 Å². The van der Waals surface area contributed by atoms with E-state index in [1.165, 1.54) is 16.1 Å². The van der Waals surface area contributed by atoms with Crippen LogP contribution >= 0.6 is 23.4 Å². The maximum Gasteiger partial charge on any atom is 0.243 e. The summed E-state index contributed by atoms with van der Waals surface area (Å²) in [6.45, 7) is 2.96. The smallest absolute Gasteiger partial charge is 0.243 e. The van der Waals surface area contributed by atoms with Gasteiger partial charge in [0, 0.05) is 28.7 Å². The van der Waals surface area contributed by atoms with Crippen LogP contribution in [0.3, 0.4) is 0 Å². The first-order valence-electron chi connectivity index (χ1n) is 9.19. The number of rotatable bonds is 6. The van der Waals surface area contributed by atoms with Crippen molar-refractivity contribution in [2.75, 3.05) is 18.4 Å². The van der Waals surface area contributed by atoms with E-state index in [4.69, 9.17) is 11.6 Å². The molecule has 0 saturated carbocycles. The van der Waals surface area contributed by atoms with Gasteiger partial charge in [-0.1, -0.05) is 18.0 Å². The molecule has 1 amide bonds. The second-order valence-corrected chi connectivity index (χ2v) is 10.5. The maximum atomic E-state index is 12.7. The lowest BCUT2D eigenvalue weighted by molar-refractivity contribution is -0.115. The summed E-state index contributed by atoms with van der Waals surface area (Å²) in [5.74, 6) is -0.147. The first-order chi connectivity index (χ1) is 13.4. The Labute approximate surface area is 175 Å². The lowest BCUT2D eigenvalue weighted by atomic mass is 10.2. The summed E-state index contributed by atoms with van der Waals surface area (Å²) in [5, 5.41) is 3.18. The highest BCUT2D eigenvalue weighted by molar-refractivity contribution is 8.00. The van der Waals surface area contributed by atoms with Crippen molar-refractivity contribution in [2.24, 2.45) is 0 Å². The molecule has 1 aliphatic rings. The molecule has 150 valence electrons. The van der Waals surface area contributed by atoms with E-state index in [1.54, 1.807) is 36.4 Å². The second-order valence-electron chi connectivity index (χ2n) is 6.69. The van der Waals surface area contributed by atoms with Gasteiger partial charge in [0.2, 0.25) is 15.9 Å². The SMILES string of the molecule is C[C@H](Sc1ccc(Cl)cc1)C(=O)Nc1ccc(S(=O)(=O)N2CCCCC2)cc1. The van der Waals surface area contributed by atoms with E-state index in [2.05, 4.69) is 5.32 Å². The largest absolute Gasteiger partial charge is 0.325 e. The zero-order valence-electron chi connectivity index (χ0n) is 15.6. The first-order valence-corrected chi connectivity index (χ1v) is 11.9. The predicted octanol–water partition coefficient (Wildman–Crippen LogP) is 4.63. The van der Waals surface area contributed by atoms with E-state index in [0.717, 1.165) is 24.2 Å². The molecular weight excluding hydrogens is 416 g/mol. The van der Waals surface area contributed by atoms with Crippen molar-refractivity contribution >= 4 is 45.0 Å². The fourth-order valence-corrected chi connectivity index (χ4v) is 5.49. The number of amides is 1. The molecule has 0 aromatic heterocycles. The highest BCUT2D eigenvalue weighted by atomic mass is 35.5. The van der Waals surface area contributed by atoms with Gasteiger partial charge in [0.1, 0.15) is 0 Å². The van der Waals surface area contributed by atoms with E-state index < -0.39 is 10.0 Å². The molecule has 8 heteroatoms. The molecular formula is C20H23ClN2O3S2. The van der Waals surface area contributed by atoms with E-state index in [9.17, 15) is 13.2 Å². The lowest BCUT2D eigenvalue weighted by Crippen LogP contribution is -2.35. The van der Waals surface area contributed by atoms with E-state index in [-0.39, 0.29) is 16.1 Å². The Bertz CT molecular complexity index is 909. The minimum Gasteiger partial charge on any atom is -0.325 e. The number of nitrogens with one attached hydrogen (secondary N) is 1. The molecule has 0 radical (unpaired) electrons. The van der Waals surface area contributed by atoms with Gasteiger partial charge < -0.3 is 5.32 Å². The number of carbonyl (C=O) groups is 1. The van der Waals surface area contributed by atoms with Crippen LogP contribution in [0, 0.1) is 0 Å². The van der Waals surface area contributed by atoms with Gasteiger partial charge in [0.05, 0.1) is 10.1 Å². The number of carbonyl (C=O) groups excluding carboxylic acids is 1. The van der Waals surface area contributed by atoms with Crippen LogP contribution in [0.4, 0.5) is 5.69 Å². The standard InChI is InChI=1S/C20H23ClN2O3S2/c1-15(27-18-9-5-16(21)6-10-18)20(24)22-17-7-11-19(12-8-17)28(25,26)23-13-3-2-4-14-23/h5-12,15H,2-4,13-14H2,1H3,(H,22,24)/t15-/m0/s1. The summed E-state index contributed by atoms with van der Waals surface area (Å²) in [6.07, 6.45) is 2.87. The Morgan fingerprint density at radius 3 is 2.25 bits per heavy atom. The summed E-state index contributed by atoms with van der Waals surface area (Å²) in [4.78, 5) is 13.6. The van der Waals surface area contributed by atoms with Gasteiger partial charge in [-0.15, -0.1) is 11.8 Å². The van der Waals surface area contributed by atoms with Crippen molar-refractivity contribution in [2.45, 2.75) is 41.2 Å². The summed E-state index contributed by atoms with van der Waals surface area (Å²) >= 11 is 7.31.